The third kappa shape index (κ3) is 1.91. The van der Waals surface area contributed by atoms with E-state index in [1.165, 1.54) is 4.88 Å². The van der Waals surface area contributed by atoms with Crippen molar-refractivity contribution in [1.29, 1.82) is 0 Å². The van der Waals surface area contributed by atoms with Crippen molar-refractivity contribution in [3.05, 3.63) is 34.2 Å². The van der Waals surface area contributed by atoms with Gasteiger partial charge in [-0.2, -0.15) is 0 Å². The van der Waals surface area contributed by atoms with Crippen LogP contribution in [-0.2, 0) is 6.61 Å². The molecule has 0 saturated heterocycles. The number of benzene rings is 1. The number of para-hydroxylation sites is 1. The van der Waals surface area contributed by atoms with E-state index in [0.29, 0.717) is 6.61 Å². The second-order valence-electron chi connectivity index (χ2n) is 4.50. The SMILES string of the molecule is CCCC(N)c1nc2c(s1)COc1ccccc1-2. The molecule has 0 spiro atoms. The van der Waals surface area contributed by atoms with E-state index in [1.54, 1.807) is 11.3 Å². The topological polar surface area (TPSA) is 48.1 Å². The van der Waals surface area contributed by atoms with E-state index in [4.69, 9.17) is 15.5 Å². The van der Waals surface area contributed by atoms with Crippen LogP contribution in [0.1, 0.15) is 35.7 Å². The minimum Gasteiger partial charge on any atom is -0.487 e. The van der Waals surface area contributed by atoms with Gasteiger partial charge in [-0.1, -0.05) is 25.5 Å². The molecular formula is C14H16N2OS. The normalized spacial score (nSPS) is 14.6. The predicted molar refractivity (Wildman–Crippen MR) is 73.7 cm³/mol. The molecule has 94 valence electrons. The lowest BCUT2D eigenvalue weighted by atomic mass is 10.1. The Morgan fingerprint density at radius 3 is 3.11 bits per heavy atom. The molecule has 1 unspecified atom stereocenters. The summed E-state index contributed by atoms with van der Waals surface area (Å²) >= 11 is 1.69. The minimum absolute atomic E-state index is 0.0535. The molecule has 0 saturated carbocycles. The second-order valence-corrected chi connectivity index (χ2v) is 5.62. The van der Waals surface area contributed by atoms with Gasteiger partial charge < -0.3 is 10.5 Å². The summed E-state index contributed by atoms with van der Waals surface area (Å²) < 4.78 is 5.73. The average molecular weight is 260 g/mol. The Morgan fingerprint density at radius 1 is 1.44 bits per heavy atom. The first-order valence-electron chi connectivity index (χ1n) is 6.27. The predicted octanol–water partition coefficient (Wildman–Crippen LogP) is 3.50. The summed E-state index contributed by atoms with van der Waals surface area (Å²) in [6.45, 7) is 2.76. The zero-order chi connectivity index (χ0) is 12.5. The van der Waals surface area contributed by atoms with Crippen LogP contribution >= 0.6 is 11.3 Å². The lowest BCUT2D eigenvalue weighted by Crippen LogP contribution is -2.09. The maximum Gasteiger partial charge on any atom is 0.129 e. The van der Waals surface area contributed by atoms with E-state index >= 15 is 0 Å². The van der Waals surface area contributed by atoms with Crippen molar-refractivity contribution in [2.45, 2.75) is 32.4 Å². The van der Waals surface area contributed by atoms with E-state index in [9.17, 15) is 0 Å². The number of aromatic nitrogens is 1. The highest BCUT2D eigenvalue weighted by molar-refractivity contribution is 7.12. The fourth-order valence-electron chi connectivity index (χ4n) is 2.20. The van der Waals surface area contributed by atoms with Gasteiger partial charge in [0.05, 0.1) is 16.6 Å². The van der Waals surface area contributed by atoms with Crippen LogP contribution < -0.4 is 10.5 Å². The highest BCUT2D eigenvalue weighted by Crippen LogP contribution is 2.40. The molecule has 1 aromatic heterocycles. The Morgan fingerprint density at radius 2 is 2.28 bits per heavy atom. The Balaban J connectivity index is 2.01. The van der Waals surface area contributed by atoms with Crippen LogP contribution in [0.5, 0.6) is 5.75 Å². The quantitative estimate of drug-likeness (QED) is 0.918. The Labute approximate surface area is 111 Å². The second kappa shape index (κ2) is 4.71. The van der Waals surface area contributed by atoms with E-state index < -0.39 is 0 Å². The third-order valence-corrected chi connectivity index (χ3v) is 4.29. The van der Waals surface area contributed by atoms with Crippen LogP contribution in [0, 0.1) is 0 Å². The molecule has 2 aromatic rings. The van der Waals surface area contributed by atoms with Crippen LogP contribution in [0.2, 0.25) is 0 Å². The highest BCUT2D eigenvalue weighted by atomic mass is 32.1. The van der Waals surface area contributed by atoms with Crippen LogP contribution in [0.4, 0.5) is 0 Å². The molecule has 1 aromatic carbocycles. The molecule has 0 radical (unpaired) electrons. The monoisotopic (exact) mass is 260 g/mol. The summed E-state index contributed by atoms with van der Waals surface area (Å²) in [6.07, 6.45) is 2.06. The number of hydrogen-bond acceptors (Lipinski definition) is 4. The number of thiazole rings is 1. The Bertz CT molecular complexity index is 565. The first-order valence-corrected chi connectivity index (χ1v) is 7.08. The molecule has 1 atom stereocenters. The third-order valence-electron chi connectivity index (χ3n) is 3.13. The van der Waals surface area contributed by atoms with Gasteiger partial charge in [-0.3, -0.25) is 0 Å². The summed E-state index contributed by atoms with van der Waals surface area (Å²) in [5.74, 6) is 0.922. The van der Waals surface area contributed by atoms with Gasteiger partial charge in [-0.25, -0.2) is 4.98 Å². The van der Waals surface area contributed by atoms with E-state index in [0.717, 1.165) is 34.9 Å². The summed E-state index contributed by atoms with van der Waals surface area (Å²) in [7, 11) is 0. The van der Waals surface area contributed by atoms with Gasteiger partial charge in [0, 0.05) is 5.56 Å². The molecule has 1 aliphatic heterocycles. The molecule has 4 heteroatoms. The maximum atomic E-state index is 6.14. The molecule has 1 aliphatic rings. The van der Waals surface area contributed by atoms with Crippen LogP contribution in [0.3, 0.4) is 0 Å². The molecular weight excluding hydrogens is 244 g/mol. The fraction of sp³-hybridized carbons (Fsp3) is 0.357. The molecule has 2 heterocycles. The smallest absolute Gasteiger partial charge is 0.129 e. The van der Waals surface area contributed by atoms with E-state index in [2.05, 4.69) is 13.0 Å². The van der Waals surface area contributed by atoms with Crippen molar-refractivity contribution in [3.8, 4) is 17.0 Å². The molecule has 0 bridgehead atoms. The molecule has 3 rings (SSSR count). The zero-order valence-corrected chi connectivity index (χ0v) is 11.2. The number of ether oxygens (including phenoxy) is 1. The van der Waals surface area contributed by atoms with Crippen LogP contribution in [0.15, 0.2) is 24.3 Å². The number of hydrogen-bond donors (Lipinski definition) is 1. The van der Waals surface area contributed by atoms with Crippen LogP contribution in [0.25, 0.3) is 11.3 Å². The van der Waals surface area contributed by atoms with Gasteiger partial charge in [0.2, 0.25) is 0 Å². The van der Waals surface area contributed by atoms with Crippen molar-refractivity contribution >= 4 is 11.3 Å². The van der Waals surface area contributed by atoms with Crippen molar-refractivity contribution < 1.29 is 4.74 Å². The fourth-order valence-corrected chi connectivity index (χ4v) is 3.23. The zero-order valence-electron chi connectivity index (χ0n) is 10.3. The van der Waals surface area contributed by atoms with Crippen molar-refractivity contribution in [3.63, 3.8) is 0 Å². The van der Waals surface area contributed by atoms with Gasteiger partial charge in [0.15, 0.2) is 0 Å². The van der Waals surface area contributed by atoms with Gasteiger partial charge in [0.1, 0.15) is 17.4 Å². The lowest BCUT2D eigenvalue weighted by Gasteiger charge is -2.15. The summed E-state index contributed by atoms with van der Waals surface area (Å²) in [5.41, 5.74) is 8.29. The van der Waals surface area contributed by atoms with Gasteiger partial charge >= 0.3 is 0 Å². The van der Waals surface area contributed by atoms with Gasteiger partial charge in [-0.15, -0.1) is 11.3 Å². The highest BCUT2D eigenvalue weighted by Gasteiger charge is 2.23. The largest absolute Gasteiger partial charge is 0.487 e. The number of rotatable bonds is 3. The summed E-state index contributed by atoms with van der Waals surface area (Å²) in [6, 6.07) is 8.10. The van der Waals surface area contributed by atoms with Crippen molar-refractivity contribution in [2.75, 3.05) is 0 Å². The van der Waals surface area contributed by atoms with E-state index in [-0.39, 0.29) is 6.04 Å². The number of nitrogens with two attached hydrogens (primary N) is 1. The first-order chi connectivity index (χ1) is 8.79. The lowest BCUT2D eigenvalue weighted by molar-refractivity contribution is 0.305. The average Bonchev–Trinajstić information content (AvgIpc) is 2.83. The number of nitrogens with zero attached hydrogens (tertiary/aromatic N) is 1. The maximum absolute atomic E-state index is 6.14. The molecule has 2 N–H and O–H groups in total. The Kier molecular flexibility index (Phi) is 3.06. The first kappa shape index (κ1) is 11.7. The number of fused-ring (bicyclic) bond motifs is 3. The van der Waals surface area contributed by atoms with Crippen molar-refractivity contribution in [2.24, 2.45) is 5.73 Å². The molecule has 0 aliphatic carbocycles. The minimum atomic E-state index is 0.0535. The molecule has 18 heavy (non-hydrogen) atoms. The van der Waals surface area contributed by atoms with Gasteiger partial charge in [0.25, 0.3) is 0 Å². The molecule has 0 amide bonds. The summed E-state index contributed by atoms with van der Waals surface area (Å²) in [5, 5.41) is 1.03. The molecule has 3 nitrogen and oxygen atoms in total. The van der Waals surface area contributed by atoms with Gasteiger partial charge in [-0.05, 0) is 18.6 Å². The van der Waals surface area contributed by atoms with Crippen molar-refractivity contribution in [1.82, 2.24) is 4.98 Å². The molecule has 0 fully saturated rings. The van der Waals surface area contributed by atoms with Crippen LogP contribution in [-0.4, -0.2) is 4.98 Å². The standard InChI is InChI=1S/C14H16N2OS/c1-2-5-10(15)14-16-13-9-6-3-4-7-11(9)17-8-12(13)18-14/h3-4,6-7,10H,2,5,8,15H2,1H3. The summed E-state index contributed by atoms with van der Waals surface area (Å²) in [4.78, 5) is 5.91. The Hall–Kier alpha value is -1.39. The van der Waals surface area contributed by atoms with E-state index in [1.807, 2.05) is 18.2 Å².